The minimum Gasteiger partial charge on any atom is -0.0843 e. The molecule has 18 heavy (non-hydrogen) atoms. The van der Waals surface area contributed by atoms with Crippen LogP contribution < -0.4 is 0 Å². The van der Waals surface area contributed by atoms with Gasteiger partial charge in [0.05, 0.1) is 0 Å². The van der Waals surface area contributed by atoms with Crippen molar-refractivity contribution in [2.24, 2.45) is 0 Å². The molecule has 3 rings (SSSR count). The number of rotatable bonds is 1. The maximum Gasteiger partial charge on any atom is 0.0408 e. The van der Waals surface area contributed by atoms with Crippen molar-refractivity contribution in [1.82, 2.24) is 0 Å². The average molecular weight is 257 g/mol. The van der Waals surface area contributed by atoms with E-state index >= 15 is 0 Å². The quantitative estimate of drug-likeness (QED) is 0.665. The molecule has 0 saturated heterocycles. The topological polar surface area (TPSA) is 0 Å². The van der Waals surface area contributed by atoms with E-state index in [1.807, 2.05) is 6.07 Å². The summed E-state index contributed by atoms with van der Waals surface area (Å²) in [5.41, 5.74) is 5.73. The number of benzene rings is 2. The van der Waals surface area contributed by atoms with Crippen molar-refractivity contribution in [2.75, 3.05) is 0 Å². The molecule has 0 nitrogen and oxygen atoms in total. The highest BCUT2D eigenvalue weighted by molar-refractivity contribution is 6.30. The van der Waals surface area contributed by atoms with Gasteiger partial charge < -0.3 is 0 Å². The van der Waals surface area contributed by atoms with Gasteiger partial charge in [-0.25, -0.2) is 0 Å². The van der Waals surface area contributed by atoms with Crippen LogP contribution in [0.4, 0.5) is 0 Å². The first-order valence-corrected chi connectivity index (χ1v) is 6.97. The van der Waals surface area contributed by atoms with Crippen LogP contribution in [0.25, 0.3) is 0 Å². The zero-order valence-electron chi connectivity index (χ0n) is 10.6. The molecule has 0 spiro atoms. The van der Waals surface area contributed by atoms with Crippen LogP contribution in [0, 0.1) is 6.92 Å². The van der Waals surface area contributed by atoms with E-state index in [0.717, 1.165) is 5.02 Å². The molecule has 2 aromatic carbocycles. The van der Waals surface area contributed by atoms with Gasteiger partial charge in [-0.3, -0.25) is 0 Å². The van der Waals surface area contributed by atoms with Gasteiger partial charge >= 0.3 is 0 Å². The molecule has 0 fully saturated rings. The van der Waals surface area contributed by atoms with Crippen LogP contribution in [-0.2, 0) is 6.42 Å². The highest BCUT2D eigenvalue weighted by Crippen LogP contribution is 2.37. The third-order valence-electron chi connectivity index (χ3n) is 3.86. The van der Waals surface area contributed by atoms with Gasteiger partial charge in [0.15, 0.2) is 0 Å². The molecule has 0 aliphatic heterocycles. The van der Waals surface area contributed by atoms with Crippen molar-refractivity contribution in [3.05, 3.63) is 69.7 Å². The van der Waals surface area contributed by atoms with Crippen LogP contribution >= 0.6 is 11.6 Å². The number of aryl methyl sites for hydroxylation is 2. The molecule has 1 atom stereocenters. The lowest BCUT2D eigenvalue weighted by molar-refractivity contribution is 0.615. The lowest BCUT2D eigenvalue weighted by Gasteiger charge is -2.26. The van der Waals surface area contributed by atoms with Crippen molar-refractivity contribution < 1.29 is 0 Å². The minimum atomic E-state index is 0.521. The fourth-order valence-electron chi connectivity index (χ4n) is 3.01. The molecule has 0 radical (unpaired) electrons. The van der Waals surface area contributed by atoms with Gasteiger partial charge in [-0.1, -0.05) is 47.5 Å². The molecule has 0 saturated carbocycles. The highest BCUT2D eigenvalue weighted by atomic mass is 35.5. The largest absolute Gasteiger partial charge is 0.0843 e. The molecule has 92 valence electrons. The van der Waals surface area contributed by atoms with Gasteiger partial charge in [-0.15, -0.1) is 0 Å². The normalized spacial score (nSPS) is 18.4. The Hall–Kier alpha value is -1.27. The summed E-state index contributed by atoms with van der Waals surface area (Å²) in [5.74, 6) is 0.521. The summed E-state index contributed by atoms with van der Waals surface area (Å²) in [7, 11) is 0. The molecule has 1 unspecified atom stereocenters. The first kappa shape index (κ1) is 11.8. The van der Waals surface area contributed by atoms with Gasteiger partial charge in [-0.05, 0) is 55.0 Å². The molecule has 1 aliphatic carbocycles. The van der Waals surface area contributed by atoms with Crippen molar-refractivity contribution in [2.45, 2.75) is 32.1 Å². The van der Waals surface area contributed by atoms with Crippen LogP contribution in [0.3, 0.4) is 0 Å². The second-order valence-electron chi connectivity index (χ2n) is 5.20. The molecular formula is C17H17Cl. The SMILES string of the molecule is Cc1ccc2c(c1)CCCC2c1cccc(Cl)c1. The van der Waals surface area contributed by atoms with Crippen LogP contribution in [-0.4, -0.2) is 0 Å². The molecule has 0 heterocycles. The van der Waals surface area contributed by atoms with E-state index in [0.29, 0.717) is 5.92 Å². The molecular weight excluding hydrogens is 240 g/mol. The summed E-state index contributed by atoms with van der Waals surface area (Å²) >= 11 is 6.12. The van der Waals surface area contributed by atoms with E-state index < -0.39 is 0 Å². The van der Waals surface area contributed by atoms with Crippen LogP contribution in [0.2, 0.25) is 5.02 Å². The molecule has 1 aliphatic rings. The predicted molar refractivity (Wildman–Crippen MR) is 77.4 cm³/mol. The summed E-state index contributed by atoms with van der Waals surface area (Å²) in [4.78, 5) is 0. The molecule has 0 bridgehead atoms. The van der Waals surface area contributed by atoms with Crippen molar-refractivity contribution in [1.29, 1.82) is 0 Å². The summed E-state index contributed by atoms with van der Waals surface area (Å²) in [6.07, 6.45) is 3.72. The fourth-order valence-corrected chi connectivity index (χ4v) is 3.21. The van der Waals surface area contributed by atoms with Crippen molar-refractivity contribution in [3.8, 4) is 0 Å². The van der Waals surface area contributed by atoms with Gasteiger partial charge in [0.2, 0.25) is 0 Å². The summed E-state index contributed by atoms with van der Waals surface area (Å²) in [6.45, 7) is 2.17. The summed E-state index contributed by atoms with van der Waals surface area (Å²) in [5, 5.41) is 0.840. The predicted octanol–water partition coefficient (Wildman–Crippen LogP) is 5.12. The zero-order valence-corrected chi connectivity index (χ0v) is 11.4. The lowest BCUT2D eigenvalue weighted by Crippen LogP contribution is -2.11. The van der Waals surface area contributed by atoms with Crippen LogP contribution in [0.1, 0.15) is 41.0 Å². The molecule has 0 amide bonds. The van der Waals surface area contributed by atoms with Crippen LogP contribution in [0.15, 0.2) is 42.5 Å². The van der Waals surface area contributed by atoms with Gasteiger partial charge in [-0.2, -0.15) is 0 Å². The van der Waals surface area contributed by atoms with E-state index in [1.165, 1.54) is 41.5 Å². The Kier molecular flexibility index (Phi) is 3.13. The van der Waals surface area contributed by atoms with Crippen molar-refractivity contribution in [3.63, 3.8) is 0 Å². The lowest BCUT2D eigenvalue weighted by atomic mass is 9.78. The van der Waals surface area contributed by atoms with E-state index in [4.69, 9.17) is 11.6 Å². The Balaban J connectivity index is 2.06. The van der Waals surface area contributed by atoms with Gasteiger partial charge in [0.1, 0.15) is 0 Å². The van der Waals surface area contributed by atoms with E-state index in [1.54, 1.807) is 0 Å². The number of hydrogen-bond donors (Lipinski definition) is 0. The van der Waals surface area contributed by atoms with E-state index in [-0.39, 0.29) is 0 Å². The van der Waals surface area contributed by atoms with E-state index in [2.05, 4.69) is 43.3 Å². The van der Waals surface area contributed by atoms with E-state index in [9.17, 15) is 0 Å². The smallest absolute Gasteiger partial charge is 0.0408 e. The monoisotopic (exact) mass is 256 g/mol. The Morgan fingerprint density at radius 3 is 2.83 bits per heavy atom. The molecule has 1 heteroatoms. The second kappa shape index (κ2) is 4.78. The summed E-state index contributed by atoms with van der Waals surface area (Å²) in [6, 6.07) is 15.2. The van der Waals surface area contributed by atoms with Gasteiger partial charge in [0.25, 0.3) is 0 Å². The van der Waals surface area contributed by atoms with Gasteiger partial charge in [0, 0.05) is 10.9 Å². The molecule has 2 aromatic rings. The Morgan fingerprint density at radius 2 is 2.00 bits per heavy atom. The minimum absolute atomic E-state index is 0.521. The Labute approximate surface area is 114 Å². The summed E-state index contributed by atoms with van der Waals surface area (Å²) < 4.78 is 0. The maximum absolute atomic E-state index is 6.12. The first-order chi connectivity index (χ1) is 8.74. The highest BCUT2D eigenvalue weighted by Gasteiger charge is 2.21. The Morgan fingerprint density at radius 1 is 1.11 bits per heavy atom. The number of halogens is 1. The average Bonchev–Trinajstić information content (AvgIpc) is 2.37. The second-order valence-corrected chi connectivity index (χ2v) is 5.64. The molecule has 0 aromatic heterocycles. The molecule has 0 N–H and O–H groups in total. The number of hydrogen-bond acceptors (Lipinski definition) is 0. The maximum atomic E-state index is 6.12. The van der Waals surface area contributed by atoms with Crippen LogP contribution in [0.5, 0.6) is 0 Å². The Bertz CT molecular complexity index is 572. The number of fused-ring (bicyclic) bond motifs is 1. The standard InChI is InChI=1S/C17H17Cl/c1-12-8-9-17-13(10-12)5-3-7-16(17)14-4-2-6-15(18)11-14/h2,4,6,8-11,16H,3,5,7H2,1H3. The van der Waals surface area contributed by atoms with Crippen molar-refractivity contribution >= 4 is 11.6 Å². The third-order valence-corrected chi connectivity index (χ3v) is 4.10. The fraction of sp³-hybridized carbons (Fsp3) is 0.294. The zero-order chi connectivity index (χ0) is 12.5. The third kappa shape index (κ3) is 2.18. The first-order valence-electron chi connectivity index (χ1n) is 6.59.